The van der Waals surface area contributed by atoms with Gasteiger partial charge in [-0.05, 0) is 36.4 Å². The normalized spacial score (nSPS) is 11.5. The van der Waals surface area contributed by atoms with Gasteiger partial charge in [-0.15, -0.1) is 0 Å². The van der Waals surface area contributed by atoms with Gasteiger partial charge >= 0.3 is 5.69 Å². The standard InChI is InChI=1S/C21H23N3O7S/c1-4-23(5-2)32(27,28)18-10-11-20(19(12-18)24(25)26)30-13-16-14-31-21(22-16)15-6-8-17(29-3)9-7-15/h6-12,14H,4-5,13H2,1-3H3. The van der Waals surface area contributed by atoms with E-state index in [9.17, 15) is 18.5 Å². The summed E-state index contributed by atoms with van der Waals surface area (Å²) in [6, 6.07) is 10.7. The van der Waals surface area contributed by atoms with Gasteiger partial charge < -0.3 is 13.9 Å². The average Bonchev–Trinajstić information content (AvgIpc) is 3.27. The zero-order valence-electron chi connectivity index (χ0n) is 17.8. The van der Waals surface area contributed by atoms with Crippen LogP contribution in [0.4, 0.5) is 5.69 Å². The first-order valence-electron chi connectivity index (χ1n) is 9.80. The van der Waals surface area contributed by atoms with Gasteiger partial charge in [0.1, 0.15) is 24.3 Å². The van der Waals surface area contributed by atoms with E-state index in [1.165, 1.54) is 22.7 Å². The van der Waals surface area contributed by atoms with E-state index < -0.39 is 20.6 Å². The SMILES string of the molecule is CCN(CC)S(=O)(=O)c1ccc(OCc2coc(-c3ccc(OC)cc3)n2)c([N+](=O)[O-])c1. The minimum Gasteiger partial charge on any atom is -0.497 e. The van der Waals surface area contributed by atoms with Gasteiger partial charge in [-0.25, -0.2) is 13.4 Å². The summed E-state index contributed by atoms with van der Waals surface area (Å²) in [5, 5.41) is 11.5. The van der Waals surface area contributed by atoms with Crippen molar-refractivity contribution >= 4 is 15.7 Å². The molecule has 0 fully saturated rings. The van der Waals surface area contributed by atoms with E-state index in [1.807, 2.05) is 0 Å². The molecule has 0 unspecified atom stereocenters. The van der Waals surface area contributed by atoms with E-state index in [0.717, 1.165) is 11.6 Å². The molecule has 3 aromatic rings. The predicted molar refractivity (Wildman–Crippen MR) is 116 cm³/mol. The van der Waals surface area contributed by atoms with Crippen LogP contribution < -0.4 is 9.47 Å². The summed E-state index contributed by atoms with van der Waals surface area (Å²) in [4.78, 5) is 15.0. The van der Waals surface area contributed by atoms with Crippen molar-refractivity contribution in [3.63, 3.8) is 0 Å². The average molecular weight is 461 g/mol. The van der Waals surface area contributed by atoms with Gasteiger partial charge in [-0.2, -0.15) is 4.31 Å². The third-order valence-corrected chi connectivity index (χ3v) is 6.78. The van der Waals surface area contributed by atoms with Crippen molar-refractivity contribution in [2.75, 3.05) is 20.2 Å². The molecule has 0 radical (unpaired) electrons. The highest BCUT2D eigenvalue weighted by molar-refractivity contribution is 7.89. The van der Waals surface area contributed by atoms with Gasteiger partial charge in [0.25, 0.3) is 0 Å². The molecule has 1 heterocycles. The van der Waals surface area contributed by atoms with E-state index in [-0.39, 0.29) is 30.3 Å². The van der Waals surface area contributed by atoms with Crippen LogP contribution in [0, 0.1) is 10.1 Å². The Balaban J connectivity index is 1.79. The summed E-state index contributed by atoms with van der Waals surface area (Å²) in [5.41, 5.74) is 0.705. The molecule has 170 valence electrons. The fourth-order valence-corrected chi connectivity index (χ4v) is 4.50. The van der Waals surface area contributed by atoms with E-state index in [1.54, 1.807) is 45.2 Å². The maximum Gasteiger partial charge on any atom is 0.312 e. The number of sulfonamides is 1. The van der Waals surface area contributed by atoms with Crippen LogP contribution in [0.5, 0.6) is 11.5 Å². The number of aromatic nitrogens is 1. The number of oxazole rings is 1. The second-order valence-electron chi connectivity index (χ2n) is 6.64. The summed E-state index contributed by atoms with van der Waals surface area (Å²) < 4.78 is 42.7. The molecule has 0 bridgehead atoms. The molecule has 0 aliphatic heterocycles. The minimum atomic E-state index is -3.84. The fourth-order valence-electron chi connectivity index (χ4n) is 3.03. The molecule has 11 heteroatoms. The first-order valence-corrected chi connectivity index (χ1v) is 11.2. The second-order valence-corrected chi connectivity index (χ2v) is 8.58. The van der Waals surface area contributed by atoms with Crippen molar-refractivity contribution in [1.82, 2.24) is 9.29 Å². The number of rotatable bonds is 10. The Bertz CT molecular complexity index is 1190. The van der Waals surface area contributed by atoms with E-state index in [0.29, 0.717) is 17.3 Å². The number of ether oxygens (including phenoxy) is 2. The molecular formula is C21H23N3O7S. The molecule has 32 heavy (non-hydrogen) atoms. The van der Waals surface area contributed by atoms with Crippen molar-refractivity contribution in [3.05, 3.63) is 64.5 Å². The molecule has 0 saturated heterocycles. The van der Waals surface area contributed by atoms with Crippen LogP contribution in [0.3, 0.4) is 0 Å². The molecular weight excluding hydrogens is 438 g/mol. The minimum absolute atomic E-state index is 0.0671. The molecule has 2 aromatic carbocycles. The van der Waals surface area contributed by atoms with Gasteiger partial charge in [0.2, 0.25) is 15.9 Å². The monoisotopic (exact) mass is 461 g/mol. The number of nitro groups is 1. The quantitative estimate of drug-likeness (QED) is 0.329. The number of methoxy groups -OCH3 is 1. The first-order chi connectivity index (χ1) is 15.3. The van der Waals surface area contributed by atoms with E-state index in [2.05, 4.69) is 4.98 Å². The number of benzene rings is 2. The van der Waals surface area contributed by atoms with Crippen LogP contribution in [0.25, 0.3) is 11.5 Å². The van der Waals surface area contributed by atoms with Crippen LogP contribution in [0.2, 0.25) is 0 Å². The lowest BCUT2D eigenvalue weighted by Gasteiger charge is -2.18. The molecule has 10 nitrogen and oxygen atoms in total. The summed E-state index contributed by atoms with van der Waals surface area (Å²) in [5.74, 6) is 0.992. The van der Waals surface area contributed by atoms with Crippen LogP contribution in [-0.2, 0) is 16.6 Å². The molecule has 1 aromatic heterocycles. The molecule has 0 N–H and O–H groups in total. The molecule has 0 spiro atoms. The smallest absolute Gasteiger partial charge is 0.312 e. The maximum absolute atomic E-state index is 12.7. The van der Waals surface area contributed by atoms with Crippen molar-refractivity contribution in [2.24, 2.45) is 0 Å². The highest BCUT2D eigenvalue weighted by atomic mass is 32.2. The second kappa shape index (κ2) is 9.79. The Labute approximate surface area is 185 Å². The van der Waals surface area contributed by atoms with Crippen molar-refractivity contribution in [2.45, 2.75) is 25.3 Å². The highest BCUT2D eigenvalue weighted by Crippen LogP contribution is 2.31. The Kier molecular flexibility index (Phi) is 7.11. The third-order valence-electron chi connectivity index (χ3n) is 4.73. The fraction of sp³-hybridized carbons (Fsp3) is 0.286. The number of hydrogen-bond donors (Lipinski definition) is 0. The van der Waals surface area contributed by atoms with Gasteiger partial charge in [0.05, 0.1) is 16.9 Å². The zero-order valence-corrected chi connectivity index (χ0v) is 18.7. The van der Waals surface area contributed by atoms with Gasteiger partial charge in [-0.1, -0.05) is 13.8 Å². The summed E-state index contributed by atoms with van der Waals surface area (Å²) >= 11 is 0. The molecule has 0 aliphatic carbocycles. The Hall–Kier alpha value is -3.44. The molecule has 0 saturated carbocycles. The van der Waals surface area contributed by atoms with Crippen LogP contribution >= 0.6 is 0 Å². The lowest BCUT2D eigenvalue weighted by molar-refractivity contribution is -0.386. The van der Waals surface area contributed by atoms with E-state index in [4.69, 9.17) is 13.9 Å². The largest absolute Gasteiger partial charge is 0.497 e. The molecule has 0 aliphatic rings. The third kappa shape index (κ3) is 4.89. The Morgan fingerprint density at radius 2 is 1.81 bits per heavy atom. The predicted octanol–water partition coefficient (Wildman–Crippen LogP) is 3.87. The van der Waals surface area contributed by atoms with Crippen LogP contribution in [0.15, 0.2) is 58.0 Å². The molecule has 3 rings (SSSR count). The topological polar surface area (TPSA) is 125 Å². The highest BCUT2D eigenvalue weighted by Gasteiger charge is 2.26. The van der Waals surface area contributed by atoms with Crippen molar-refractivity contribution in [3.8, 4) is 23.0 Å². The number of nitrogens with zero attached hydrogens (tertiary/aromatic N) is 3. The lowest BCUT2D eigenvalue weighted by Crippen LogP contribution is -2.30. The van der Waals surface area contributed by atoms with Crippen LogP contribution in [0.1, 0.15) is 19.5 Å². The van der Waals surface area contributed by atoms with Crippen LogP contribution in [-0.4, -0.2) is 42.8 Å². The Morgan fingerprint density at radius 1 is 1.12 bits per heavy atom. The number of nitro benzene ring substituents is 1. The maximum atomic E-state index is 12.7. The summed E-state index contributed by atoms with van der Waals surface area (Å²) in [6.45, 7) is 3.82. The van der Waals surface area contributed by atoms with Gasteiger partial charge in [-0.3, -0.25) is 10.1 Å². The summed E-state index contributed by atoms with van der Waals surface area (Å²) in [6.07, 6.45) is 1.39. The molecule has 0 amide bonds. The Morgan fingerprint density at radius 3 is 2.41 bits per heavy atom. The first kappa shape index (κ1) is 23.2. The number of hydrogen-bond acceptors (Lipinski definition) is 8. The molecule has 0 atom stereocenters. The zero-order chi connectivity index (χ0) is 23.3. The van der Waals surface area contributed by atoms with Gasteiger partial charge in [0.15, 0.2) is 5.75 Å². The van der Waals surface area contributed by atoms with Gasteiger partial charge in [0, 0.05) is 24.7 Å². The van der Waals surface area contributed by atoms with Crippen molar-refractivity contribution < 1.29 is 27.2 Å². The van der Waals surface area contributed by atoms with E-state index >= 15 is 0 Å². The lowest BCUT2D eigenvalue weighted by atomic mass is 10.2. The summed E-state index contributed by atoms with van der Waals surface area (Å²) in [7, 11) is -2.27. The van der Waals surface area contributed by atoms with Crippen molar-refractivity contribution in [1.29, 1.82) is 0 Å².